The SMILES string of the molecule is CCc1nnc(NC(=O)CSc2nc3c(c(=O)n2-c2ccc(C)cc2)S[C@@H](C)C3)s1. The Morgan fingerprint density at radius 1 is 1.30 bits per heavy atom. The number of hydrogen-bond donors (Lipinski definition) is 1. The number of hydrogen-bond acceptors (Lipinski definition) is 8. The van der Waals surface area contributed by atoms with Gasteiger partial charge in [-0.2, -0.15) is 0 Å². The highest BCUT2D eigenvalue weighted by Crippen LogP contribution is 2.35. The van der Waals surface area contributed by atoms with Crippen molar-refractivity contribution in [3.8, 4) is 5.69 Å². The van der Waals surface area contributed by atoms with Crippen molar-refractivity contribution >= 4 is 45.9 Å². The van der Waals surface area contributed by atoms with Gasteiger partial charge in [0.25, 0.3) is 5.56 Å². The van der Waals surface area contributed by atoms with E-state index in [-0.39, 0.29) is 17.2 Å². The Balaban J connectivity index is 1.61. The topological polar surface area (TPSA) is 89.8 Å². The number of fused-ring (bicyclic) bond motifs is 1. The smallest absolute Gasteiger partial charge is 0.272 e. The van der Waals surface area contributed by atoms with E-state index < -0.39 is 0 Å². The summed E-state index contributed by atoms with van der Waals surface area (Å²) in [6, 6.07) is 7.75. The van der Waals surface area contributed by atoms with Crippen molar-refractivity contribution in [2.24, 2.45) is 0 Å². The summed E-state index contributed by atoms with van der Waals surface area (Å²) in [5, 5.41) is 13.0. The van der Waals surface area contributed by atoms with Crippen LogP contribution in [-0.2, 0) is 17.6 Å². The average molecular weight is 460 g/mol. The van der Waals surface area contributed by atoms with Gasteiger partial charge in [0.05, 0.1) is 22.0 Å². The number of benzene rings is 1. The number of thioether (sulfide) groups is 2. The standard InChI is InChI=1S/C20H21N5O2S3/c1-4-16-23-24-19(30-16)22-15(26)10-28-20-21-14-9-12(3)29-17(14)18(27)25(20)13-7-5-11(2)6-8-13/h5-8,12H,4,9-10H2,1-3H3,(H,22,24,26)/t12-/m0/s1. The van der Waals surface area contributed by atoms with Gasteiger partial charge in [-0.1, -0.05) is 54.6 Å². The number of nitrogens with one attached hydrogen (secondary N) is 1. The van der Waals surface area contributed by atoms with Crippen molar-refractivity contribution in [2.75, 3.05) is 11.1 Å². The van der Waals surface area contributed by atoms with Crippen LogP contribution >= 0.6 is 34.9 Å². The minimum atomic E-state index is -0.202. The molecule has 1 aliphatic heterocycles. The summed E-state index contributed by atoms with van der Waals surface area (Å²) in [6.07, 6.45) is 1.54. The zero-order chi connectivity index (χ0) is 21.3. The largest absolute Gasteiger partial charge is 0.300 e. The molecule has 156 valence electrons. The number of aromatic nitrogens is 4. The lowest BCUT2D eigenvalue weighted by Gasteiger charge is -2.13. The third-order valence-electron chi connectivity index (χ3n) is 4.52. The normalized spacial score (nSPS) is 15.2. The van der Waals surface area contributed by atoms with Gasteiger partial charge in [0, 0.05) is 11.7 Å². The van der Waals surface area contributed by atoms with Crippen molar-refractivity contribution in [3.05, 3.63) is 50.9 Å². The van der Waals surface area contributed by atoms with Crippen LogP contribution in [0.4, 0.5) is 5.13 Å². The number of rotatable bonds is 6. The Morgan fingerprint density at radius 3 is 2.77 bits per heavy atom. The summed E-state index contributed by atoms with van der Waals surface area (Å²) >= 11 is 4.19. The molecule has 1 atom stereocenters. The molecule has 0 radical (unpaired) electrons. The maximum absolute atomic E-state index is 13.3. The van der Waals surface area contributed by atoms with Crippen LogP contribution in [0.25, 0.3) is 5.69 Å². The van der Waals surface area contributed by atoms with Crippen LogP contribution in [0.2, 0.25) is 0 Å². The molecule has 0 saturated carbocycles. The van der Waals surface area contributed by atoms with E-state index in [2.05, 4.69) is 22.4 Å². The van der Waals surface area contributed by atoms with Crippen LogP contribution in [0.1, 0.15) is 30.1 Å². The van der Waals surface area contributed by atoms with E-state index in [1.165, 1.54) is 23.1 Å². The Hall–Kier alpha value is -2.17. The van der Waals surface area contributed by atoms with Crippen LogP contribution in [0.5, 0.6) is 0 Å². The number of aryl methyl sites for hydroxylation is 2. The first-order valence-electron chi connectivity index (χ1n) is 9.59. The minimum absolute atomic E-state index is 0.0715. The van der Waals surface area contributed by atoms with Crippen molar-refractivity contribution in [1.29, 1.82) is 0 Å². The van der Waals surface area contributed by atoms with E-state index in [1.54, 1.807) is 16.3 Å². The molecule has 1 N–H and O–H groups in total. The lowest BCUT2D eigenvalue weighted by atomic mass is 10.2. The van der Waals surface area contributed by atoms with E-state index in [9.17, 15) is 9.59 Å². The number of carbonyl (C=O) groups is 1. The molecule has 3 heterocycles. The highest BCUT2D eigenvalue weighted by Gasteiger charge is 2.27. The summed E-state index contributed by atoms with van der Waals surface area (Å²) in [6.45, 7) is 6.09. The Labute approximate surface area is 186 Å². The number of anilines is 1. The van der Waals surface area contributed by atoms with Crippen molar-refractivity contribution in [2.45, 2.75) is 48.9 Å². The molecule has 4 rings (SSSR count). The van der Waals surface area contributed by atoms with E-state index in [0.29, 0.717) is 20.4 Å². The molecule has 30 heavy (non-hydrogen) atoms. The van der Waals surface area contributed by atoms with Crippen molar-refractivity contribution in [1.82, 2.24) is 19.7 Å². The summed E-state index contributed by atoms with van der Waals surface area (Å²) < 4.78 is 1.61. The first kappa shape index (κ1) is 21.1. The highest BCUT2D eigenvalue weighted by atomic mass is 32.2. The average Bonchev–Trinajstić information content (AvgIpc) is 3.33. The lowest BCUT2D eigenvalue weighted by Crippen LogP contribution is -2.24. The van der Waals surface area contributed by atoms with Crippen LogP contribution in [-0.4, -0.2) is 36.7 Å². The first-order chi connectivity index (χ1) is 14.4. The van der Waals surface area contributed by atoms with Crippen LogP contribution < -0.4 is 10.9 Å². The quantitative estimate of drug-likeness (QED) is 0.444. The van der Waals surface area contributed by atoms with Gasteiger partial charge >= 0.3 is 0 Å². The zero-order valence-corrected chi connectivity index (χ0v) is 19.3. The summed E-state index contributed by atoms with van der Waals surface area (Å²) in [5.74, 6) is -0.0763. The monoisotopic (exact) mass is 459 g/mol. The molecule has 0 aliphatic carbocycles. The molecule has 3 aromatic rings. The molecule has 1 aliphatic rings. The van der Waals surface area contributed by atoms with Gasteiger partial charge in [0.15, 0.2) is 5.16 Å². The van der Waals surface area contributed by atoms with Crippen molar-refractivity contribution < 1.29 is 4.79 Å². The predicted octanol–water partition coefficient (Wildman–Crippen LogP) is 3.72. The van der Waals surface area contributed by atoms with E-state index in [4.69, 9.17) is 4.98 Å². The van der Waals surface area contributed by atoms with E-state index in [1.807, 2.05) is 38.1 Å². The molecule has 0 bridgehead atoms. The van der Waals surface area contributed by atoms with Gasteiger partial charge in [-0.05, 0) is 25.5 Å². The highest BCUT2D eigenvalue weighted by molar-refractivity contribution is 8.00. The lowest BCUT2D eigenvalue weighted by molar-refractivity contribution is -0.113. The van der Waals surface area contributed by atoms with Gasteiger partial charge in [0.2, 0.25) is 11.0 Å². The summed E-state index contributed by atoms with van der Waals surface area (Å²) in [5.41, 5.74) is 2.61. The molecule has 1 amide bonds. The summed E-state index contributed by atoms with van der Waals surface area (Å²) in [4.78, 5) is 31.2. The predicted molar refractivity (Wildman–Crippen MR) is 122 cm³/mol. The first-order valence-corrected chi connectivity index (χ1v) is 12.3. The zero-order valence-electron chi connectivity index (χ0n) is 16.8. The van der Waals surface area contributed by atoms with Crippen molar-refractivity contribution in [3.63, 3.8) is 0 Å². The Morgan fingerprint density at radius 2 is 2.07 bits per heavy atom. The number of nitrogens with zero attached hydrogens (tertiary/aromatic N) is 4. The van der Waals surface area contributed by atoms with Crippen LogP contribution in [0.15, 0.2) is 39.1 Å². The fourth-order valence-electron chi connectivity index (χ4n) is 3.05. The van der Waals surface area contributed by atoms with Gasteiger partial charge in [-0.3, -0.25) is 19.5 Å². The molecule has 0 fully saturated rings. The Kier molecular flexibility index (Phi) is 6.26. The van der Waals surface area contributed by atoms with E-state index >= 15 is 0 Å². The molecule has 10 heteroatoms. The molecular weight excluding hydrogens is 438 g/mol. The maximum Gasteiger partial charge on any atom is 0.272 e. The second-order valence-corrected chi connectivity index (χ2v) is 10.4. The maximum atomic E-state index is 13.3. The second-order valence-electron chi connectivity index (χ2n) is 6.97. The van der Waals surface area contributed by atoms with E-state index in [0.717, 1.165) is 34.8 Å². The molecule has 0 saturated heterocycles. The second kappa shape index (κ2) is 8.91. The van der Waals surface area contributed by atoms with Crippen LogP contribution in [0.3, 0.4) is 0 Å². The van der Waals surface area contributed by atoms with Crippen LogP contribution in [0, 0.1) is 6.92 Å². The fraction of sp³-hybridized carbons (Fsp3) is 0.350. The molecule has 2 aromatic heterocycles. The van der Waals surface area contributed by atoms with Gasteiger partial charge < -0.3 is 0 Å². The molecule has 0 spiro atoms. The fourth-order valence-corrected chi connectivity index (χ4v) is 5.67. The Bertz CT molecular complexity index is 1140. The number of amides is 1. The summed E-state index contributed by atoms with van der Waals surface area (Å²) in [7, 11) is 0. The third-order valence-corrected chi connectivity index (χ3v) is 7.66. The third kappa shape index (κ3) is 4.45. The molecule has 7 nitrogen and oxygen atoms in total. The van der Waals surface area contributed by atoms with Gasteiger partial charge in [-0.15, -0.1) is 22.0 Å². The molecule has 1 aromatic carbocycles. The molecule has 0 unspecified atom stereocenters. The number of carbonyl (C=O) groups excluding carboxylic acids is 1. The minimum Gasteiger partial charge on any atom is -0.300 e. The van der Waals surface area contributed by atoms with Gasteiger partial charge in [-0.25, -0.2) is 4.98 Å². The van der Waals surface area contributed by atoms with Gasteiger partial charge in [0.1, 0.15) is 5.01 Å². The molecular formula is C20H21N5O2S3.